The Morgan fingerprint density at radius 1 is 1.44 bits per heavy atom. The predicted octanol–water partition coefficient (Wildman–Crippen LogP) is 0.673. The molecular formula is C13H20N2O. The van der Waals surface area contributed by atoms with Crippen LogP contribution in [0.1, 0.15) is 16.7 Å². The van der Waals surface area contributed by atoms with Crippen LogP contribution in [0.4, 0.5) is 0 Å². The summed E-state index contributed by atoms with van der Waals surface area (Å²) >= 11 is 0. The number of aryl methyl sites for hydroxylation is 1. The highest BCUT2D eigenvalue weighted by molar-refractivity contribution is 5.33. The maximum atomic E-state index is 9.55. The van der Waals surface area contributed by atoms with Crippen molar-refractivity contribution >= 4 is 0 Å². The number of nitrogens with zero attached hydrogens (tertiary/aromatic N) is 1. The van der Waals surface area contributed by atoms with Gasteiger partial charge in [-0.3, -0.25) is 4.90 Å². The Bertz CT molecular complexity index is 365. The molecule has 1 heterocycles. The van der Waals surface area contributed by atoms with E-state index in [4.69, 9.17) is 5.73 Å². The van der Waals surface area contributed by atoms with Crippen molar-refractivity contribution < 1.29 is 5.11 Å². The van der Waals surface area contributed by atoms with E-state index in [0.717, 1.165) is 19.5 Å². The average molecular weight is 220 g/mol. The van der Waals surface area contributed by atoms with Crippen molar-refractivity contribution in [2.75, 3.05) is 19.6 Å². The number of rotatable bonds is 3. The molecule has 1 unspecified atom stereocenters. The zero-order valence-electron chi connectivity index (χ0n) is 9.82. The van der Waals surface area contributed by atoms with Crippen LogP contribution in [-0.4, -0.2) is 35.7 Å². The summed E-state index contributed by atoms with van der Waals surface area (Å²) in [7, 11) is 0. The summed E-state index contributed by atoms with van der Waals surface area (Å²) in [6, 6.07) is 6.64. The fourth-order valence-corrected chi connectivity index (χ4v) is 2.27. The van der Waals surface area contributed by atoms with Crippen molar-refractivity contribution in [3.8, 4) is 0 Å². The van der Waals surface area contributed by atoms with Gasteiger partial charge in [0, 0.05) is 26.2 Å². The van der Waals surface area contributed by atoms with Crippen molar-refractivity contribution in [1.29, 1.82) is 0 Å². The van der Waals surface area contributed by atoms with E-state index >= 15 is 0 Å². The van der Waals surface area contributed by atoms with Gasteiger partial charge in [0.25, 0.3) is 0 Å². The van der Waals surface area contributed by atoms with Crippen LogP contribution in [-0.2, 0) is 13.0 Å². The largest absolute Gasteiger partial charge is 0.390 e. The minimum Gasteiger partial charge on any atom is -0.390 e. The Kier molecular flexibility index (Phi) is 3.59. The molecule has 1 aliphatic rings. The zero-order valence-corrected chi connectivity index (χ0v) is 9.82. The lowest BCUT2D eigenvalue weighted by molar-refractivity contribution is 0.111. The van der Waals surface area contributed by atoms with Crippen molar-refractivity contribution in [2.24, 2.45) is 5.73 Å². The molecule has 0 spiro atoms. The van der Waals surface area contributed by atoms with E-state index in [1.807, 2.05) is 0 Å². The first-order valence-corrected chi connectivity index (χ1v) is 5.88. The first-order valence-electron chi connectivity index (χ1n) is 5.88. The number of aliphatic hydroxyl groups is 1. The Hall–Kier alpha value is -0.900. The predicted molar refractivity (Wildman–Crippen MR) is 65.2 cm³/mol. The van der Waals surface area contributed by atoms with Gasteiger partial charge in [-0.25, -0.2) is 0 Å². The molecule has 0 radical (unpaired) electrons. The number of hydrogen-bond donors (Lipinski definition) is 2. The molecular weight excluding hydrogens is 200 g/mol. The molecule has 0 bridgehead atoms. The zero-order chi connectivity index (χ0) is 11.5. The molecule has 1 atom stereocenters. The molecule has 0 fully saturated rings. The monoisotopic (exact) mass is 220 g/mol. The third-order valence-electron chi connectivity index (χ3n) is 3.19. The van der Waals surface area contributed by atoms with Crippen LogP contribution in [0, 0.1) is 6.92 Å². The summed E-state index contributed by atoms with van der Waals surface area (Å²) in [4.78, 5) is 2.28. The molecule has 3 N–H and O–H groups in total. The van der Waals surface area contributed by atoms with E-state index in [9.17, 15) is 5.11 Å². The van der Waals surface area contributed by atoms with Crippen LogP contribution in [0.5, 0.6) is 0 Å². The van der Waals surface area contributed by atoms with Crippen LogP contribution in [0.3, 0.4) is 0 Å². The summed E-state index contributed by atoms with van der Waals surface area (Å²) in [5.41, 5.74) is 9.58. The summed E-state index contributed by atoms with van der Waals surface area (Å²) in [5.74, 6) is 0. The van der Waals surface area contributed by atoms with Gasteiger partial charge in [-0.2, -0.15) is 0 Å². The summed E-state index contributed by atoms with van der Waals surface area (Å²) in [6.45, 7) is 5.11. The lowest BCUT2D eigenvalue weighted by Gasteiger charge is -2.30. The highest BCUT2D eigenvalue weighted by atomic mass is 16.3. The Labute approximate surface area is 96.9 Å². The highest BCUT2D eigenvalue weighted by Crippen LogP contribution is 2.20. The number of hydrogen-bond acceptors (Lipinski definition) is 3. The van der Waals surface area contributed by atoms with Crippen molar-refractivity contribution in [3.05, 3.63) is 34.9 Å². The fraction of sp³-hybridized carbons (Fsp3) is 0.538. The van der Waals surface area contributed by atoms with Crippen molar-refractivity contribution in [3.63, 3.8) is 0 Å². The average Bonchev–Trinajstić information content (AvgIpc) is 2.28. The van der Waals surface area contributed by atoms with Gasteiger partial charge in [-0.05, 0) is 24.5 Å². The summed E-state index contributed by atoms with van der Waals surface area (Å²) in [6.07, 6.45) is 0.679. The third kappa shape index (κ3) is 2.61. The summed E-state index contributed by atoms with van der Waals surface area (Å²) in [5, 5.41) is 9.55. The number of nitrogens with two attached hydrogens (primary N) is 1. The van der Waals surface area contributed by atoms with Gasteiger partial charge in [-0.1, -0.05) is 23.8 Å². The SMILES string of the molecule is Cc1ccc2c(c1)CN(CC(O)CN)CC2. The fourth-order valence-electron chi connectivity index (χ4n) is 2.27. The van der Waals surface area contributed by atoms with Crippen LogP contribution in [0.2, 0.25) is 0 Å². The lowest BCUT2D eigenvalue weighted by Crippen LogP contribution is -2.39. The normalized spacial score (nSPS) is 18.2. The van der Waals surface area contributed by atoms with Gasteiger partial charge in [0.2, 0.25) is 0 Å². The van der Waals surface area contributed by atoms with E-state index in [2.05, 4.69) is 30.0 Å². The van der Waals surface area contributed by atoms with E-state index in [-0.39, 0.29) is 0 Å². The Morgan fingerprint density at radius 3 is 3.00 bits per heavy atom. The van der Waals surface area contributed by atoms with Gasteiger partial charge in [0.15, 0.2) is 0 Å². The topological polar surface area (TPSA) is 49.5 Å². The molecule has 2 rings (SSSR count). The summed E-state index contributed by atoms with van der Waals surface area (Å²) < 4.78 is 0. The maximum absolute atomic E-state index is 9.55. The molecule has 1 aliphatic heterocycles. The van der Waals surface area contributed by atoms with Gasteiger partial charge in [0.1, 0.15) is 0 Å². The second kappa shape index (κ2) is 4.95. The molecule has 1 aromatic rings. The van der Waals surface area contributed by atoms with Gasteiger partial charge >= 0.3 is 0 Å². The quantitative estimate of drug-likeness (QED) is 0.787. The van der Waals surface area contributed by atoms with E-state index in [1.54, 1.807) is 0 Å². The van der Waals surface area contributed by atoms with Crippen molar-refractivity contribution in [2.45, 2.75) is 26.0 Å². The molecule has 0 saturated carbocycles. The molecule has 16 heavy (non-hydrogen) atoms. The van der Waals surface area contributed by atoms with Crippen LogP contribution in [0.25, 0.3) is 0 Å². The minimum atomic E-state index is -0.397. The van der Waals surface area contributed by atoms with Crippen LogP contribution in [0.15, 0.2) is 18.2 Å². The highest BCUT2D eigenvalue weighted by Gasteiger charge is 2.17. The molecule has 0 saturated heterocycles. The number of β-amino-alcohol motifs (C(OH)–C–C–N with tert-alkyl or cyclic N) is 1. The van der Waals surface area contributed by atoms with Crippen molar-refractivity contribution in [1.82, 2.24) is 4.90 Å². The van der Waals surface area contributed by atoms with Gasteiger partial charge in [-0.15, -0.1) is 0 Å². The molecule has 3 heteroatoms. The molecule has 0 amide bonds. The molecule has 1 aromatic carbocycles. The van der Waals surface area contributed by atoms with E-state index in [0.29, 0.717) is 13.1 Å². The van der Waals surface area contributed by atoms with Gasteiger partial charge < -0.3 is 10.8 Å². The Balaban J connectivity index is 2.05. The second-order valence-electron chi connectivity index (χ2n) is 4.65. The third-order valence-corrected chi connectivity index (χ3v) is 3.19. The molecule has 0 aromatic heterocycles. The smallest absolute Gasteiger partial charge is 0.0789 e. The van der Waals surface area contributed by atoms with E-state index in [1.165, 1.54) is 16.7 Å². The Morgan fingerprint density at radius 2 is 2.25 bits per heavy atom. The maximum Gasteiger partial charge on any atom is 0.0789 e. The van der Waals surface area contributed by atoms with E-state index < -0.39 is 6.10 Å². The molecule has 0 aliphatic carbocycles. The molecule has 88 valence electrons. The van der Waals surface area contributed by atoms with Crippen LogP contribution < -0.4 is 5.73 Å². The number of fused-ring (bicyclic) bond motifs is 1. The second-order valence-corrected chi connectivity index (χ2v) is 4.65. The first-order chi connectivity index (χ1) is 7.69. The molecule has 3 nitrogen and oxygen atoms in total. The standard InChI is InChI=1S/C13H20N2O/c1-10-2-3-11-4-5-15(8-12(11)6-10)9-13(16)7-14/h2-3,6,13,16H,4-5,7-9,14H2,1H3. The van der Waals surface area contributed by atoms with Gasteiger partial charge in [0.05, 0.1) is 6.10 Å². The minimum absolute atomic E-state index is 0.344. The lowest BCUT2D eigenvalue weighted by atomic mass is 9.97. The number of aliphatic hydroxyl groups excluding tert-OH is 1. The number of benzene rings is 1. The van der Waals surface area contributed by atoms with Crippen LogP contribution >= 0.6 is 0 Å². The first kappa shape index (κ1) is 11.6.